The van der Waals surface area contributed by atoms with Gasteiger partial charge in [-0.2, -0.15) is 5.26 Å². The van der Waals surface area contributed by atoms with Gasteiger partial charge in [0, 0.05) is 12.7 Å². The number of nitriles is 1. The zero-order valence-electron chi connectivity index (χ0n) is 10.1. The normalized spacial score (nSPS) is 23.2. The second-order valence-electron chi connectivity index (χ2n) is 4.33. The van der Waals surface area contributed by atoms with Crippen molar-refractivity contribution in [1.82, 2.24) is 9.97 Å². The first-order valence-corrected chi connectivity index (χ1v) is 6.22. The lowest BCUT2D eigenvalue weighted by Crippen LogP contribution is -2.34. The van der Waals surface area contributed by atoms with Gasteiger partial charge in [-0.25, -0.2) is 9.97 Å². The summed E-state index contributed by atoms with van der Waals surface area (Å²) in [5.74, 6) is 0.287. The van der Waals surface area contributed by atoms with E-state index in [9.17, 15) is 10.1 Å². The molecule has 1 saturated heterocycles. The number of carbonyl (C=O) groups is 1. The Kier molecular flexibility index (Phi) is 3.48. The first-order valence-electron chi connectivity index (χ1n) is 5.85. The second-order valence-corrected chi connectivity index (χ2v) is 4.67. The van der Waals surface area contributed by atoms with Gasteiger partial charge in [-0.1, -0.05) is 13.3 Å². The van der Waals surface area contributed by atoms with E-state index < -0.39 is 5.41 Å². The van der Waals surface area contributed by atoms with Crippen LogP contribution in [0, 0.1) is 16.7 Å². The van der Waals surface area contributed by atoms with E-state index in [4.69, 9.17) is 11.6 Å². The average molecular weight is 265 g/mol. The van der Waals surface area contributed by atoms with Gasteiger partial charge in [-0.3, -0.25) is 9.69 Å². The number of aromatic nitrogens is 2. The number of anilines is 1. The summed E-state index contributed by atoms with van der Waals surface area (Å²) in [5, 5.41) is 9.38. The predicted molar refractivity (Wildman–Crippen MR) is 67.0 cm³/mol. The van der Waals surface area contributed by atoms with Crippen molar-refractivity contribution in [3.05, 3.63) is 17.5 Å². The molecule has 0 saturated carbocycles. The summed E-state index contributed by atoms with van der Waals surface area (Å²) in [4.78, 5) is 21.7. The van der Waals surface area contributed by atoms with Crippen LogP contribution in [0.1, 0.15) is 26.2 Å². The van der Waals surface area contributed by atoms with Crippen LogP contribution in [-0.4, -0.2) is 22.4 Å². The Morgan fingerprint density at radius 3 is 3.06 bits per heavy atom. The molecule has 18 heavy (non-hydrogen) atoms. The monoisotopic (exact) mass is 264 g/mol. The zero-order chi connectivity index (χ0) is 13.2. The van der Waals surface area contributed by atoms with E-state index in [0.29, 0.717) is 25.2 Å². The van der Waals surface area contributed by atoms with E-state index in [0.717, 1.165) is 6.42 Å². The number of carbonyl (C=O) groups excluding carboxylic acids is 1. The molecule has 2 rings (SSSR count). The molecule has 5 nitrogen and oxygen atoms in total. The van der Waals surface area contributed by atoms with Gasteiger partial charge in [-0.05, 0) is 30.5 Å². The van der Waals surface area contributed by atoms with Gasteiger partial charge in [-0.15, -0.1) is 0 Å². The van der Waals surface area contributed by atoms with E-state index in [1.807, 2.05) is 6.92 Å². The summed E-state index contributed by atoms with van der Waals surface area (Å²) in [6, 6.07) is 3.80. The van der Waals surface area contributed by atoms with Gasteiger partial charge >= 0.3 is 0 Å². The van der Waals surface area contributed by atoms with Gasteiger partial charge in [0.05, 0.1) is 6.07 Å². The number of rotatable bonds is 3. The number of nitrogens with zero attached hydrogens (tertiary/aromatic N) is 4. The van der Waals surface area contributed by atoms with Crippen LogP contribution < -0.4 is 4.90 Å². The molecule has 0 aromatic carbocycles. The van der Waals surface area contributed by atoms with E-state index >= 15 is 0 Å². The lowest BCUT2D eigenvalue weighted by Gasteiger charge is -2.19. The highest BCUT2D eigenvalue weighted by Gasteiger charge is 2.47. The van der Waals surface area contributed by atoms with Crippen LogP contribution in [-0.2, 0) is 4.79 Å². The number of halogens is 1. The van der Waals surface area contributed by atoms with Crippen molar-refractivity contribution >= 4 is 23.3 Å². The third-order valence-electron chi connectivity index (χ3n) is 3.20. The Hall–Kier alpha value is -1.67. The molecule has 1 aromatic heterocycles. The van der Waals surface area contributed by atoms with Crippen molar-refractivity contribution < 1.29 is 4.79 Å². The van der Waals surface area contributed by atoms with Crippen molar-refractivity contribution in [2.75, 3.05) is 11.4 Å². The van der Waals surface area contributed by atoms with E-state index in [1.165, 1.54) is 11.1 Å². The van der Waals surface area contributed by atoms with Gasteiger partial charge < -0.3 is 0 Å². The highest BCUT2D eigenvalue weighted by Crippen LogP contribution is 2.37. The zero-order valence-corrected chi connectivity index (χ0v) is 10.8. The number of hydrogen-bond donors (Lipinski definition) is 0. The van der Waals surface area contributed by atoms with Gasteiger partial charge in [0.2, 0.25) is 11.2 Å². The van der Waals surface area contributed by atoms with Crippen LogP contribution in [0.25, 0.3) is 0 Å². The molecule has 2 heterocycles. The van der Waals surface area contributed by atoms with Crippen LogP contribution >= 0.6 is 11.6 Å². The average Bonchev–Trinajstić information content (AvgIpc) is 2.68. The van der Waals surface area contributed by atoms with E-state index in [2.05, 4.69) is 16.0 Å². The van der Waals surface area contributed by atoms with Crippen LogP contribution in [0.4, 0.5) is 5.82 Å². The molecule has 94 valence electrons. The van der Waals surface area contributed by atoms with E-state index in [1.54, 1.807) is 6.07 Å². The van der Waals surface area contributed by atoms with Crippen LogP contribution in [0.2, 0.25) is 5.28 Å². The summed E-state index contributed by atoms with van der Waals surface area (Å²) >= 11 is 5.71. The minimum atomic E-state index is -0.897. The number of amides is 1. The summed E-state index contributed by atoms with van der Waals surface area (Å²) in [5.41, 5.74) is -0.897. The SMILES string of the molecule is CCCC1(C#N)CCN(c2ccnc(Cl)n2)C1=O. The minimum absolute atomic E-state index is 0.102. The Bertz CT molecular complexity index is 513. The molecule has 1 amide bonds. The second kappa shape index (κ2) is 4.91. The highest BCUT2D eigenvalue weighted by molar-refractivity contribution is 6.28. The lowest BCUT2D eigenvalue weighted by molar-refractivity contribution is -0.123. The van der Waals surface area contributed by atoms with Crippen molar-refractivity contribution in [1.29, 1.82) is 5.26 Å². The van der Waals surface area contributed by atoms with Crippen LogP contribution in [0.3, 0.4) is 0 Å². The van der Waals surface area contributed by atoms with Gasteiger partial charge in [0.1, 0.15) is 11.2 Å². The molecule has 1 unspecified atom stereocenters. The Morgan fingerprint density at radius 2 is 2.44 bits per heavy atom. The van der Waals surface area contributed by atoms with Crippen molar-refractivity contribution in [3.63, 3.8) is 0 Å². The molecular formula is C12H13ClN4O. The third-order valence-corrected chi connectivity index (χ3v) is 3.38. The Balaban J connectivity index is 2.30. The molecule has 1 aromatic rings. The molecule has 1 aliphatic heterocycles. The summed E-state index contributed by atoms with van der Waals surface area (Å²) < 4.78 is 0. The van der Waals surface area contributed by atoms with Gasteiger partial charge in [0.25, 0.3) is 0 Å². The molecular weight excluding hydrogens is 252 g/mol. The standard InChI is InChI=1S/C12H13ClN4O/c1-2-4-12(8-14)5-7-17(10(12)18)9-3-6-15-11(13)16-9/h3,6H,2,4-5,7H2,1H3. The first kappa shape index (κ1) is 12.8. The predicted octanol–water partition coefficient (Wildman–Crippen LogP) is 2.18. The molecule has 0 N–H and O–H groups in total. The molecule has 1 atom stereocenters. The summed E-state index contributed by atoms with van der Waals surface area (Å²) in [6.07, 6.45) is 3.43. The first-order chi connectivity index (χ1) is 8.63. The molecule has 0 spiro atoms. The maximum Gasteiger partial charge on any atom is 0.248 e. The largest absolute Gasteiger partial charge is 0.295 e. The maximum atomic E-state index is 12.4. The maximum absolute atomic E-state index is 12.4. The molecule has 0 aliphatic carbocycles. The van der Waals surface area contributed by atoms with Crippen molar-refractivity contribution in [2.45, 2.75) is 26.2 Å². The fraction of sp³-hybridized carbons (Fsp3) is 0.500. The quantitative estimate of drug-likeness (QED) is 0.785. The highest BCUT2D eigenvalue weighted by atomic mass is 35.5. The molecule has 1 aliphatic rings. The molecule has 0 bridgehead atoms. The molecule has 1 fully saturated rings. The minimum Gasteiger partial charge on any atom is -0.295 e. The fourth-order valence-electron chi connectivity index (χ4n) is 2.28. The molecule has 0 radical (unpaired) electrons. The van der Waals surface area contributed by atoms with Crippen molar-refractivity contribution in [2.24, 2.45) is 5.41 Å². The van der Waals surface area contributed by atoms with Crippen LogP contribution in [0.15, 0.2) is 12.3 Å². The summed E-state index contributed by atoms with van der Waals surface area (Å²) in [6.45, 7) is 2.47. The van der Waals surface area contributed by atoms with Gasteiger partial charge in [0.15, 0.2) is 0 Å². The smallest absolute Gasteiger partial charge is 0.248 e. The van der Waals surface area contributed by atoms with E-state index in [-0.39, 0.29) is 11.2 Å². The Morgan fingerprint density at radius 1 is 1.67 bits per heavy atom. The number of hydrogen-bond acceptors (Lipinski definition) is 4. The lowest BCUT2D eigenvalue weighted by atomic mass is 9.83. The Labute approximate surface area is 110 Å². The summed E-state index contributed by atoms with van der Waals surface area (Å²) in [7, 11) is 0. The third kappa shape index (κ3) is 2.04. The van der Waals surface area contributed by atoms with Crippen LogP contribution in [0.5, 0.6) is 0 Å². The topological polar surface area (TPSA) is 69.9 Å². The molecule has 6 heteroatoms. The van der Waals surface area contributed by atoms with Crippen molar-refractivity contribution in [3.8, 4) is 6.07 Å². The fourth-order valence-corrected chi connectivity index (χ4v) is 2.43.